The van der Waals surface area contributed by atoms with Crippen molar-refractivity contribution < 1.29 is 13.9 Å². The standard InChI is InChI=1S/C13H22N2O3/c1-9-8-12(11(3)18-9)10(2)15-13(16)14-6-5-7-17-4/h8,10H,5-7H2,1-4H3,(H2,14,15,16)/t10-/m0/s1. The summed E-state index contributed by atoms with van der Waals surface area (Å²) in [6, 6.07) is 1.72. The average Bonchev–Trinajstić information content (AvgIpc) is 2.64. The highest BCUT2D eigenvalue weighted by Crippen LogP contribution is 2.20. The van der Waals surface area contributed by atoms with Crippen LogP contribution in [0.3, 0.4) is 0 Å². The fraction of sp³-hybridized carbons (Fsp3) is 0.615. The van der Waals surface area contributed by atoms with Gasteiger partial charge in [0.2, 0.25) is 0 Å². The molecule has 0 aliphatic carbocycles. The van der Waals surface area contributed by atoms with E-state index in [0.29, 0.717) is 13.2 Å². The van der Waals surface area contributed by atoms with Crippen molar-refractivity contribution in [2.45, 2.75) is 33.2 Å². The third kappa shape index (κ3) is 4.41. The van der Waals surface area contributed by atoms with E-state index < -0.39 is 0 Å². The maximum atomic E-state index is 11.6. The highest BCUT2D eigenvalue weighted by molar-refractivity contribution is 5.74. The molecule has 0 aliphatic rings. The molecule has 0 radical (unpaired) electrons. The summed E-state index contributed by atoms with van der Waals surface area (Å²) in [6.07, 6.45) is 0.808. The molecule has 1 atom stereocenters. The van der Waals surface area contributed by atoms with E-state index in [2.05, 4.69) is 10.6 Å². The number of urea groups is 1. The molecule has 1 aromatic rings. The zero-order chi connectivity index (χ0) is 13.5. The van der Waals surface area contributed by atoms with Crippen LogP contribution in [0.15, 0.2) is 10.5 Å². The third-order valence-electron chi connectivity index (χ3n) is 2.70. The predicted octanol–water partition coefficient (Wildman–Crippen LogP) is 2.29. The van der Waals surface area contributed by atoms with Gasteiger partial charge in [0.25, 0.3) is 0 Å². The van der Waals surface area contributed by atoms with Crippen LogP contribution < -0.4 is 10.6 Å². The van der Waals surface area contributed by atoms with E-state index in [4.69, 9.17) is 9.15 Å². The Labute approximate surface area is 108 Å². The van der Waals surface area contributed by atoms with Gasteiger partial charge in [-0.2, -0.15) is 0 Å². The maximum absolute atomic E-state index is 11.6. The summed E-state index contributed by atoms with van der Waals surface area (Å²) < 4.78 is 10.4. The monoisotopic (exact) mass is 254 g/mol. The molecule has 0 spiro atoms. The second-order valence-corrected chi connectivity index (χ2v) is 4.34. The van der Waals surface area contributed by atoms with Crippen molar-refractivity contribution >= 4 is 6.03 Å². The van der Waals surface area contributed by atoms with Crippen LogP contribution in [0.2, 0.25) is 0 Å². The van der Waals surface area contributed by atoms with Crippen LogP contribution in [0.5, 0.6) is 0 Å². The fourth-order valence-electron chi connectivity index (χ4n) is 1.82. The van der Waals surface area contributed by atoms with Crippen LogP contribution in [0, 0.1) is 13.8 Å². The minimum Gasteiger partial charge on any atom is -0.466 e. The van der Waals surface area contributed by atoms with Crippen LogP contribution in [-0.2, 0) is 4.74 Å². The average molecular weight is 254 g/mol. The molecule has 0 saturated carbocycles. The van der Waals surface area contributed by atoms with E-state index in [1.165, 1.54) is 0 Å². The number of amides is 2. The minimum absolute atomic E-state index is 0.0649. The Morgan fingerprint density at radius 3 is 2.78 bits per heavy atom. The third-order valence-corrected chi connectivity index (χ3v) is 2.70. The lowest BCUT2D eigenvalue weighted by Crippen LogP contribution is -2.37. The van der Waals surface area contributed by atoms with E-state index in [9.17, 15) is 4.79 Å². The Balaban J connectivity index is 2.37. The fourth-order valence-corrected chi connectivity index (χ4v) is 1.82. The van der Waals surface area contributed by atoms with Crippen LogP contribution in [0.1, 0.15) is 36.5 Å². The molecular weight excluding hydrogens is 232 g/mol. The molecule has 0 saturated heterocycles. The van der Waals surface area contributed by atoms with Crippen molar-refractivity contribution in [1.29, 1.82) is 0 Å². The smallest absolute Gasteiger partial charge is 0.315 e. The molecule has 0 fully saturated rings. The molecule has 1 heterocycles. The topological polar surface area (TPSA) is 63.5 Å². The van der Waals surface area contributed by atoms with Gasteiger partial charge >= 0.3 is 6.03 Å². The molecule has 1 rings (SSSR count). The number of hydrogen-bond acceptors (Lipinski definition) is 3. The van der Waals surface area contributed by atoms with Crippen molar-refractivity contribution in [2.75, 3.05) is 20.3 Å². The summed E-state index contributed by atoms with van der Waals surface area (Å²) >= 11 is 0. The Kier molecular flexibility index (Phi) is 5.71. The number of hydrogen-bond donors (Lipinski definition) is 2. The molecule has 0 aliphatic heterocycles. The van der Waals surface area contributed by atoms with Gasteiger partial charge in [0.05, 0.1) is 6.04 Å². The van der Waals surface area contributed by atoms with Crippen molar-refractivity contribution in [2.24, 2.45) is 0 Å². The molecule has 2 amide bonds. The van der Waals surface area contributed by atoms with Crippen molar-refractivity contribution in [3.63, 3.8) is 0 Å². The Hall–Kier alpha value is -1.49. The first kappa shape index (κ1) is 14.6. The normalized spacial score (nSPS) is 12.2. The number of aryl methyl sites for hydroxylation is 2. The number of rotatable bonds is 6. The molecule has 0 bridgehead atoms. The molecule has 2 N–H and O–H groups in total. The Morgan fingerprint density at radius 1 is 1.50 bits per heavy atom. The number of methoxy groups -OCH3 is 1. The van der Waals surface area contributed by atoms with Crippen LogP contribution in [-0.4, -0.2) is 26.3 Å². The van der Waals surface area contributed by atoms with E-state index in [-0.39, 0.29) is 12.1 Å². The van der Waals surface area contributed by atoms with Gasteiger partial charge in [-0.3, -0.25) is 0 Å². The molecule has 5 heteroatoms. The molecule has 102 valence electrons. The number of ether oxygens (including phenoxy) is 1. The van der Waals surface area contributed by atoms with E-state index in [1.54, 1.807) is 7.11 Å². The number of furan rings is 1. The number of carbonyl (C=O) groups is 1. The van der Waals surface area contributed by atoms with Gasteiger partial charge in [-0.05, 0) is 33.3 Å². The second kappa shape index (κ2) is 7.06. The predicted molar refractivity (Wildman–Crippen MR) is 69.6 cm³/mol. The van der Waals surface area contributed by atoms with Gasteiger partial charge in [-0.25, -0.2) is 4.79 Å². The molecule has 18 heavy (non-hydrogen) atoms. The maximum Gasteiger partial charge on any atom is 0.315 e. The van der Waals surface area contributed by atoms with Gasteiger partial charge in [-0.1, -0.05) is 0 Å². The summed E-state index contributed by atoms with van der Waals surface area (Å²) in [7, 11) is 1.64. The van der Waals surface area contributed by atoms with Gasteiger partial charge in [-0.15, -0.1) is 0 Å². The first-order chi connectivity index (χ1) is 8.54. The lowest BCUT2D eigenvalue weighted by molar-refractivity contribution is 0.193. The van der Waals surface area contributed by atoms with E-state index in [1.807, 2.05) is 26.8 Å². The van der Waals surface area contributed by atoms with Crippen LogP contribution in [0.4, 0.5) is 4.79 Å². The second-order valence-electron chi connectivity index (χ2n) is 4.34. The quantitative estimate of drug-likeness (QED) is 0.766. The largest absolute Gasteiger partial charge is 0.466 e. The van der Waals surface area contributed by atoms with Gasteiger partial charge < -0.3 is 19.8 Å². The zero-order valence-electron chi connectivity index (χ0n) is 11.5. The van der Waals surface area contributed by atoms with E-state index >= 15 is 0 Å². The summed E-state index contributed by atoms with van der Waals surface area (Å²) in [5, 5.41) is 5.66. The molecule has 0 aromatic carbocycles. The number of nitrogens with one attached hydrogen (secondary N) is 2. The Bertz CT molecular complexity index is 388. The van der Waals surface area contributed by atoms with Crippen LogP contribution >= 0.6 is 0 Å². The molecular formula is C13H22N2O3. The van der Waals surface area contributed by atoms with Crippen LogP contribution in [0.25, 0.3) is 0 Å². The molecule has 5 nitrogen and oxygen atoms in total. The molecule has 0 unspecified atom stereocenters. The van der Waals surface area contributed by atoms with Gasteiger partial charge in [0.15, 0.2) is 0 Å². The highest BCUT2D eigenvalue weighted by Gasteiger charge is 2.14. The summed E-state index contributed by atoms with van der Waals surface area (Å²) in [6.45, 7) is 6.99. The lowest BCUT2D eigenvalue weighted by Gasteiger charge is -2.14. The summed E-state index contributed by atoms with van der Waals surface area (Å²) in [5.41, 5.74) is 1.01. The van der Waals surface area contributed by atoms with Gasteiger partial charge in [0, 0.05) is 25.8 Å². The summed E-state index contributed by atoms with van der Waals surface area (Å²) in [4.78, 5) is 11.6. The zero-order valence-corrected chi connectivity index (χ0v) is 11.5. The first-order valence-electron chi connectivity index (χ1n) is 6.14. The summed E-state index contributed by atoms with van der Waals surface area (Å²) in [5.74, 6) is 1.70. The van der Waals surface area contributed by atoms with Crippen molar-refractivity contribution in [3.8, 4) is 0 Å². The first-order valence-corrected chi connectivity index (χ1v) is 6.14. The van der Waals surface area contributed by atoms with E-state index in [0.717, 1.165) is 23.5 Å². The SMILES string of the molecule is COCCCNC(=O)N[C@@H](C)c1cc(C)oc1C. The highest BCUT2D eigenvalue weighted by atomic mass is 16.5. The minimum atomic E-state index is -0.170. The van der Waals surface area contributed by atoms with Crippen molar-refractivity contribution in [3.05, 3.63) is 23.2 Å². The Morgan fingerprint density at radius 2 is 2.22 bits per heavy atom. The van der Waals surface area contributed by atoms with Crippen molar-refractivity contribution in [1.82, 2.24) is 10.6 Å². The molecule has 1 aromatic heterocycles. The van der Waals surface area contributed by atoms with Gasteiger partial charge in [0.1, 0.15) is 11.5 Å². The number of carbonyl (C=O) groups excluding carboxylic acids is 1. The lowest BCUT2D eigenvalue weighted by atomic mass is 10.1.